The zero-order valence-corrected chi connectivity index (χ0v) is 18.9. The number of carbonyl (C=O) groups is 1. The summed E-state index contributed by atoms with van der Waals surface area (Å²) in [5.74, 6) is 0.374. The van der Waals surface area contributed by atoms with Crippen LogP contribution in [0.1, 0.15) is 28.4 Å². The Morgan fingerprint density at radius 1 is 1.25 bits per heavy atom. The normalized spacial score (nSPS) is 16.0. The van der Waals surface area contributed by atoms with Crippen molar-refractivity contribution in [2.24, 2.45) is 0 Å². The molecule has 8 nitrogen and oxygen atoms in total. The molecule has 1 aromatic carbocycles. The summed E-state index contributed by atoms with van der Waals surface area (Å²) >= 11 is 0. The van der Waals surface area contributed by atoms with Crippen molar-refractivity contribution in [1.82, 2.24) is 14.6 Å². The number of rotatable bonds is 5. The van der Waals surface area contributed by atoms with Crippen LogP contribution in [0.3, 0.4) is 0 Å². The predicted molar refractivity (Wildman–Crippen MR) is 128 cm³/mol. The van der Waals surface area contributed by atoms with Crippen molar-refractivity contribution in [1.29, 1.82) is 0 Å². The topological polar surface area (TPSA) is 111 Å². The van der Waals surface area contributed by atoms with Gasteiger partial charge in [0, 0.05) is 18.7 Å². The summed E-state index contributed by atoms with van der Waals surface area (Å²) in [5, 5.41) is 4.39. The first-order valence-electron chi connectivity index (χ1n) is 10.3. The minimum Gasteiger partial charge on any atom is -0.383 e. The number of carbonyl (C=O) groups excluding carboxylic acids is 1. The van der Waals surface area contributed by atoms with Crippen LogP contribution in [0.5, 0.6) is 0 Å². The third kappa shape index (κ3) is 3.91. The zero-order valence-electron chi connectivity index (χ0n) is 18.1. The molecule has 0 radical (unpaired) electrons. The fourth-order valence-corrected chi connectivity index (χ4v) is 5.06. The van der Waals surface area contributed by atoms with Crippen LogP contribution in [0.15, 0.2) is 43.1 Å². The molecule has 1 fully saturated rings. The van der Waals surface area contributed by atoms with E-state index >= 15 is 0 Å². The molecule has 0 atom stereocenters. The van der Waals surface area contributed by atoms with Gasteiger partial charge in [0.15, 0.2) is 21.3 Å². The van der Waals surface area contributed by atoms with Gasteiger partial charge in [-0.25, -0.2) is 13.4 Å². The van der Waals surface area contributed by atoms with E-state index in [1.165, 1.54) is 11.4 Å². The minimum atomic E-state index is -3.08. The monoisotopic (exact) mass is 451 g/mol. The maximum absolute atomic E-state index is 12.4. The van der Waals surface area contributed by atoms with Crippen LogP contribution in [0.4, 0.5) is 11.6 Å². The highest BCUT2D eigenvalue weighted by Crippen LogP contribution is 2.32. The molecule has 3 aromatic rings. The molecule has 1 saturated heterocycles. The van der Waals surface area contributed by atoms with Gasteiger partial charge >= 0.3 is 0 Å². The lowest BCUT2D eigenvalue weighted by atomic mass is 10.0. The Morgan fingerprint density at radius 3 is 2.62 bits per heavy atom. The fourth-order valence-electron chi connectivity index (χ4n) is 3.86. The average Bonchev–Trinajstić information content (AvgIpc) is 3.17. The molecule has 166 valence electrons. The highest BCUT2D eigenvalue weighted by Gasteiger charge is 2.28. The highest BCUT2D eigenvalue weighted by molar-refractivity contribution is 7.91. The Hall–Kier alpha value is -3.46. The molecule has 0 saturated carbocycles. The number of sulfone groups is 1. The number of allylic oxidation sites excluding steroid dienone is 2. The van der Waals surface area contributed by atoms with E-state index in [2.05, 4.69) is 11.7 Å². The Morgan fingerprint density at radius 2 is 1.97 bits per heavy atom. The predicted octanol–water partition coefficient (Wildman–Crippen LogP) is 2.92. The Bertz CT molecular complexity index is 1360. The summed E-state index contributed by atoms with van der Waals surface area (Å²) in [7, 11) is -3.08. The number of nitrogens with two attached hydrogens (primary N) is 1. The van der Waals surface area contributed by atoms with Crippen LogP contribution < -0.4 is 10.6 Å². The van der Waals surface area contributed by atoms with Crippen molar-refractivity contribution >= 4 is 39.0 Å². The summed E-state index contributed by atoms with van der Waals surface area (Å²) < 4.78 is 25.3. The second kappa shape index (κ2) is 8.23. The number of anilines is 2. The molecular weight excluding hydrogens is 426 g/mol. The van der Waals surface area contributed by atoms with Crippen LogP contribution in [-0.4, -0.2) is 53.4 Å². The molecule has 9 heteroatoms. The molecule has 3 heterocycles. The number of hydrogen-bond donors (Lipinski definition) is 1. The third-order valence-electron chi connectivity index (χ3n) is 5.66. The molecule has 2 aromatic heterocycles. The highest BCUT2D eigenvalue weighted by atomic mass is 32.2. The summed E-state index contributed by atoms with van der Waals surface area (Å²) in [5.41, 5.74) is 11.0. The fraction of sp³-hybridized carbons (Fsp3) is 0.261. The van der Waals surface area contributed by atoms with Gasteiger partial charge in [0.1, 0.15) is 17.2 Å². The second-order valence-corrected chi connectivity index (χ2v) is 10.2. The van der Waals surface area contributed by atoms with E-state index in [1.54, 1.807) is 12.3 Å². The zero-order chi connectivity index (χ0) is 23.0. The van der Waals surface area contributed by atoms with E-state index < -0.39 is 9.84 Å². The number of ketones is 1. The molecule has 4 rings (SSSR count). The van der Waals surface area contributed by atoms with E-state index in [0.717, 1.165) is 22.3 Å². The Balaban J connectivity index is 1.89. The number of aromatic nitrogens is 3. The number of nitrogen functional groups attached to an aromatic ring is 1. The molecule has 0 aliphatic carbocycles. The van der Waals surface area contributed by atoms with Crippen LogP contribution in [0, 0.1) is 6.92 Å². The Labute approximate surface area is 187 Å². The lowest BCUT2D eigenvalue weighted by molar-refractivity contribution is 0.101. The molecule has 0 amide bonds. The van der Waals surface area contributed by atoms with E-state index in [4.69, 9.17) is 10.7 Å². The lowest BCUT2D eigenvalue weighted by Crippen LogP contribution is -2.41. The van der Waals surface area contributed by atoms with E-state index in [9.17, 15) is 13.2 Å². The lowest BCUT2D eigenvalue weighted by Gasteiger charge is -2.29. The number of fused-ring (bicyclic) bond motifs is 1. The van der Waals surface area contributed by atoms with E-state index in [0.29, 0.717) is 11.5 Å². The number of benzene rings is 1. The van der Waals surface area contributed by atoms with Gasteiger partial charge in [-0.15, -0.1) is 0 Å². The summed E-state index contributed by atoms with van der Waals surface area (Å²) in [6.07, 6.45) is 7.25. The number of nitrogens with zero attached hydrogens (tertiary/aromatic N) is 4. The van der Waals surface area contributed by atoms with Crippen LogP contribution in [-0.2, 0) is 9.84 Å². The minimum absolute atomic E-state index is 0.0141. The molecule has 0 bridgehead atoms. The summed E-state index contributed by atoms with van der Waals surface area (Å²) in [6, 6.07) is 6.04. The van der Waals surface area contributed by atoms with Crippen LogP contribution in [0.2, 0.25) is 0 Å². The molecule has 1 aliphatic rings. The van der Waals surface area contributed by atoms with Gasteiger partial charge in [-0.1, -0.05) is 36.9 Å². The number of hydrogen-bond acceptors (Lipinski definition) is 7. The van der Waals surface area contributed by atoms with Crippen molar-refractivity contribution < 1.29 is 13.2 Å². The van der Waals surface area contributed by atoms with Crippen molar-refractivity contribution in [3.8, 4) is 11.1 Å². The van der Waals surface area contributed by atoms with Gasteiger partial charge in [0.05, 0.1) is 17.7 Å². The molecular formula is C23H25N5O3S. The first kappa shape index (κ1) is 21.8. The largest absolute Gasteiger partial charge is 0.383 e. The standard InChI is InChI=1S/C23H25N5O3S/c1-4-5-6-17-13-18(8-7-15(17)2)19-14-25-28-21(24)20(16(3)29)23(26-22(19)28)27-9-11-32(30,31)12-10-27/h4-8,13-14H,1,9-12,24H2,2-3H3/b6-5-. The van der Waals surface area contributed by atoms with Crippen molar-refractivity contribution in [3.05, 3.63) is 59.8 Å². The smallest absolute Gasteiger partial charge is 0.167 e. The van der Waals surface area contributed by atoms with E-state index in [1.807, 2.05) is 42.2 Å². The third-order valence-corrected chi connectivity index (χ3v) is 7.27. The van der Waals surface area contributed by atoms with Crippen LogP contribution >= 0.6 is 0 Å². The van der Waals surface area contributed by atoms with Gasteiger partial charge < -0.3 is 10.6 Å². The number of Topliss-reactive ketones (excluding diaryl/α,β-unsaturated/α-hetero) is 1. The Kier molecular flexibility index (Phi) is 5.60. The molecule has 1 aliphatic heterocycles. The van der Waals surface area contributed by atoms with Crippen LogP contribution in [0.25, 0.3) is 22.9 Å². The average molecular weight is 452 g/mol. The molecule has 2 N–H and O–H groups in total. The van der Waals surface area contributed by atoms with Gasteiger partial charge in [-0.3, -0.25) is 4.79 Å². The van der Waals surface area contributed by atoms with E-state index in [-0.39, 0.29) is 41.8 Å². The SMILES string of the molecule is C=C/C=C\c1cc(-c2cnn3c(N)c(C(C)=O)c(N4CCS(=O)(=O)CC4)nc23)ccc1C. The van der Waals surface area contributed by atoms with Gasteiger partial charge in [-0.2, -0.15) is 9.61 Å². The summed E-state index contributed by atoms with van der Waals surface area (Å²) in [6.45, 7) is 7.69. The first-order chi connectivity index (χ1) is 15.2. The van der Waals surface area contributed by atoms with Gasteiger partial charge in [0.2, 0.25) is 0 Å². The van der Waals surface area contributed by atoms with Gasteiger partial charge in [-0.05, 0) is 36.6 Å². The summed E-state index contributed by atoms with van der Waals surface area (Å²) in [4.78, 5) is 19.0. The first-order valence-corrected chi connectivity index (χ1v) is 12.1. The second-order valence-electron chi connectivity index (χ2n) is 7.85. The number of aryl methyl sites for hydroxylation is 1. The molecule has 0 unspecified atom stereocenters. The van der Waals surface area contributed by atoms with Gasteiger partial charge in [0.25, 0.3) is 0 Å². The maximum Gasteiger partial charge on any atom is 0.167 e. The molecule has 0 spiro atoms. The van der Waals surface area contributed by atoms with Crippen molar-refractivity contribution in [2.75, 3.05) is 35.2 Å². The quantitative estimate of drug-likeness (QED) is 0.469. The maximum atomic E-state index is 12.4. The van der Waals surface area contributed by atoms with Crippen molar-refractivity contribution in [3.63, 3.8) is 0 Å². The van der Waals surface area contributed by atoms with Crippen molar-refractivity contribution in [2.45, 2.75) is 13.8 Å². The molecule has 32 heavy (non-hydrogen) atoms.